The molecule has 3 saturated heterocycles. The molecule has 5 aliphatic rings. The monoisotopic (exact) mass is 653 g/mol. The van der Waals surface area contributed by atoms with Gasteiger partial charge in [0.15, 0.2) is 0 Å². The topological polar surface area (TPSA) is 106 Å². The summed E-state index contributed by atoms with van der Waals surface area (Å²) in [5, 5.41) is 9.96. The van der Waals surface area contributed by atoms with E-state index in [1.807, 2.05) is 0 Å². The maximum atomic E-state index is 14.6. The van der Waals surface area contributed by atoms with Gasteiger partial charge in [0.25, 0.3) is 5.91 Å². The van der Waals surface area contributed by atoms with Gasteiger partial charge in [-0.05, 0) is 50.4 Å². The second kappa shape index (κ2) is 12.3. The third-order valence-corrected chi connectivity index (χ3v) is 11.9. The fourth-order valence-electron chi connectivity index (χ4n) is 8.84. The Morgan fingerprint density at radius 1 is 1.22 bits per heavy atom. The van der Waals surface area contributed by atoms with Crippen LogP contribution in [0.15, 0.2) is 24.3 Å². The van der Waals surface area contributed by atoms with Gasteiger partial charge in [0.05, 0.1) is 29.9 Å². The molecule has 5 atom stereocenters. The van der Waals surface area contributed by atoms with E-state index in [1.165, 1.54) is 16.0 Å². The summed E-state index contributed by atoms with van der Waals surface area (Å²) < 4.78 is 21.1. The number of halogens is 2. The van der Waals surface area contributed by atoms with Crippen LogP contribution in [0.4, 0.5) is 10.2 Å². The molecule has 10 nitrogen and oxygen atoms in total. The summed E-state index contributed by atoms with van der Waals surface area (Å²) in [4.78, 5) is 31.3. The third-order valence-electron chi connectivity index (χ3n) is 11.3. The van der Waals surface area contributed by atoms with Crippen molar-refractivity contribution in [3.63, 3.8) is 0 Å². The average molecular weight is 654 g/mol. The van der Waals surface area contributed by atoms with E-state index < -0.39 is 11.5 Å². The molecule has 1 spiro atoms. The molecule has 0 bridgehead atoms. The largest absolute Gasteiger partial charge is 0.461 e. The van der Waals surface area contributed by atoms with Gasteiger partial charge in [-0.2, -0.15) is 9.97 Å². The van der Waals surface area contributed by atoms with Gasteiger partial charge in [0.2, 0.25) is 0 Å². The number of rotatable bonds is 7. The Labute approximate surface area is 276 Å². The molecule has 0 saturated carbocycles. The number of carbonyl (C=O) groups excluding carboxylic acids is 1. The summed E-state index contributed by atoms with van der Waals surface area (Å²) in [6, 6.07) is 8.93. The molecule has 3 unspecified atom stereocenters. The molecule has 0 radical (unpaired) electrons. The molecule has 7 rings (SSSR count). The first kappa shape index (κ1) is 31.7. The van der Waals surface area contributed by atoms with Gasteiger partial charge in [-0.15, -0.1) is 11.6 Å². The summed E-state index contributed by atoms with van der Waals surface area (Å²) in [6.07, 6.45) is 5.39. The van der Waals surface area contributed by atoms with Crippen LogP contribution < -0.4 is 15.0 Å². The number of fused-ring (bicyclic) bond motifs is 4. The molecule has 2 aromatic rings. The van der Waals surface area contributed by atoms with Crippen molar-refractivity contribution >= 4 is 29.0 Å². The van der Waals surface area contributed by atoms with E-state index in [-0.39, 0.29) is 28.7 Å². The number of aryl methyl sites for hydroxylation is 1. The minimum atomic E-state index is -0.825. The summed E-state index contributed by atoms with van der Waals surface area (Å²) in [5.74, 6) is 0.476. The Hall–Kier alpha value is -2.86. The van der Waals surface area contributed by atoms with E-state index in [4.69, 9.17) is 31.7 Å². The third kappa shape index (κ3) is 5.46. The number of anilines is 1. The standard InChI is InChI=1S/C34H46ClFN8O2/c1-41(2)31(45)29(37)28(35)27-20-43(14-7-13-38-27)30-24-19-42(3)34(12-10-22-8-4-5-9-25(22)34)17-26(24)39-32(40-30)46-21-33-11-6-15-44(33)18-23(36)16-33/h4-5,8-9,23,27-28,37-38H,6-7,10-21H2,1-3H3/p+1/t23?,27?,28?,33-,34-/m0/s1. The second-order valence-corrected chi connectivity index (χ2v) is 14.8. The molecule has 5 heterocycles. The molecule has 12 heteroatoms. The number of hydrogen-bond donors (Lipinski definition) is 2. The lowest BCUT2D eigenvalue weighted by Crippen LogP contribution is -2.93. The van der Waals surface area contributed by atoms with E-state index in [2.05, 4.69) is 51.3 Å². The van der Waals surface area contributed by atoms with Crippen molar-refractivity contribution in [3.8, 4) is 6.01 Å². The van der Waals surface area contributed by atoms with Gasteiger partial charge in [0, 0.05) is 58.6 Å². The highest BCUT2D eigenvalue weighted by atomic mass is 35.5. The minimum Gasteiger partial charge on any atom is -0.461 e. The van der Waals surface area contributed by atoms with Crippen LogP contribution in [0.1, 0.15) is 54.5 Å². The molecule has 4 aliphatic heterocycles. The summed E-state index contributed by atoms with van der Waals surface area (Å²) in [7, 11) is 5.50. The van der Waals surface area contributed by atoms with E-state index >= 15 is 0 Å². The first-order valence-electron chi connectivity index (χ1n) is 16.8. The number of amides is 1. The number of likely N-dealkylation sites (N-methyl/N-ethyl adjacent to an activating group) is 1. The predicted octanol–water partition coefficient (Wildman–Crippen LogP) is 2.12. The lowest BCUT2D eigenvalue weighted by atomic mass is 9.81. The Bertz CT molecular complexity index is 1510. The minimum absolute atomic E-state index is 0.0896. The second-order valence-electron chi connectivity index (χ2n) is 14.3. The number of aromatic nitrogens is 2. The van der Waals surface area contributed by atoms with Crippen LogP contribution in [0.5, 0.6) is 6.01 Å². The quantitative estimate of drug-likeness (QED) is 0.349. The first-order valence-corrected chi connectivity index (χ1v) is 17.3. The van der Waals surface area contributed by atoms with Crippen LogP contribution in [-0.4, -0.2) is 120 Å². The van der Waals surface area contributed by atoms with Gasteiger partial charge in [-0.25, -0.2) is 4.39 Å². The van der Waals surface area contributed by atoms with Gasteiger partial charge >= 0.3 is 6.01 Å². The lowest BCUT2D eigenvalue weighted by Gasteiger charge is -2.45. The zero-order valence-electron chi connectivity index (χ0n) is 27.3. The normalized spacial score (nSPS) is 30.1. The van der Waals surface area contributed by atoms with Crippen LogP contribution in [0.2, 0.25) is 0 Å². The number of hydrogen-bond acceptors (Lipinski definition) is 8. The van der Waals surface area contributed by atoms with E-state index in [1.54, 1.807) is 14.1 Å². The van der Waals surface area contributed by atoms with Crippen LogP contribution in [-0.2, 0) is 29.7 Å². The lowest BCUT2D eigenvalue weighted by molar-refractivity contribution is -0.682. The Morgan fingerprint density at radius 3 is 2.87 bits per heavy atom. The molecule has 248 valence electrons. The number of carbonyl (C=O) groups is 1. The molecular formula is C34H47ClFN8O2+. The first-order chi connectivity index (χ1) is 22.1. The van der Waals surface area contributed by atoms with Crippen molar-refractivity contribution in [3.05, 3.63) is 46.6 Å². The summed E-state index contributed by atoms with van der Waals surface area (Å²) in [5.41, 5.74) is 4.36. The number of nitrogens with two attached hydrogens (primary N) is 1. The summed E-state index contributed by atoms with van der Waals surface area (Å²) in [6.45, 7) is 4.61. The Balaban J connectivity index is 1.23. The smallest absolute Gasteiger partial charge is 0.318 e. The average Bonchev–Trinajstić information content (AvgIpc) is 3.62. The van der Waals surface area contributed by atoms with Crippen LogP contribution >= 0.6 is 11.6 Å². The molecule has 46 heavy (non-hydrogen) atoms. The highest BCUT2D eigenvalue weighted by Gasteiger charge is 2.50. The Kier molecular flexibility index (Phi) is 8.48. The van der Waals surface area contributed by atoms with E-state index in [0.717, 1.165) is 75.2 Å². The number of nitrogens with zero attached hydrogens (tertiary/aromatic N) is 6. The van der Waals surface area contributed by atoms with Crippen molar-refractivity contribution in [1.29, 1.82) is 5.41 Å². The molecule has 1 aromatic carbocycles. The van der Waals surface area contributed by atoms with Crippen LogP contribution in [0, 0.1) is 5.41 Å². The van der Waals surface area contributed by atoms with E-state index in [9.17, 15) is 9.18 Å². The van der Waals surface area contributed by atoms with Gasteiger partial charge in [-0.3, -0.25) is 20.0 Å². The van der Waals surface area contributed by atoms with Crippen molar-refractivity contribution in [2.75, 3.05) is 65.4 Å². The van der Waals surface area contributed by atoms with Gasteiger partial charge in [0.1, 0.15) is 35.7 Å². The van der Waals surface area contributed by atoms with Crippen LogP contribution in [0.25, 0.3) is 0 Å². The number of benzene rings is 1. The predicted molar refractivity (Wildman–Crippen MR) is 176 cm³/mol. The zero-order valence-corrected chi connectivity index (χ0v) is 28.0. The van der Waals surface area contributed by atoms with Crippen molar-refractivity contribution in [1.82, 2.24) is 24.7 Å². The molecular weight excluding hydrogens is 607 g/mol. The highest BCUT2D eigenvalue weighted by Crippen LogP contribution is 2.48. The van der Waals surface area contributed by atoms with Crippen molar-refractivity contribution in [2.45, 2.75) is 80.2 Å². The molecule has 1 amide bonds. The Morgan fingerprint density at radius 2 is 2.04 bits per heavy atom. The van der Waals surface area contributed by atoms with Gasteiger partial charge < -0.3 is 19.9 Å². The number of ether oxygens (including phenoxy) is 1. The highest BCUT2D eigenvalue weighted by molar-refractivity contribution is 6.50. The number of nitrogens with one attached hydrogen (secondary N) is 1. The van der Waals surface area contributed by atoms with Crippen molar-refractivity contribution < 1.29 is 19.2 Å². The number of alkyl halides is 2. The summed E-state index contributed by atoms with van der Waals surface area (Å²) >= 11 is 6.86. The SMILES string of the molecule is CN(C)C(=O)C(=N)C(Cl)C1CN(c2nc(OC[C@@]34CCCN3CC(F)C4)nc3c2CN(C)[C@@]2(CCc4ccccc42)C3)CCC[NH2+]1. The maximum absolute atomic E-state index is 14.6. The molecule has 1 aromatic heterocycles. The van der Waals surface area contributed by atoms with Crippen molar-refractivity contribution in [2.24, 2.45) is 0 Å². The van der Waals surface area contributed by atoms with Gasteiger partial charge in [-0.1, -0.05) is 24.3 Å². The fraction of sp³-hybridized carbons (Fsp3) is 0.647. The zero-order chi connectivity index (χ0) is 32.2. The molecule has 3 N–H and O–H groups in total. The fourth-order valence-corrected chi connectivity index (χ4v) is 9.11. The van der Waals surface area contributed by atoms with E-state index in [0.29, 0.717) is 38.7 Å². The molecule has 3 fully saturated rings. The van der Waals surface area contributed by atoms with Crippen LogP contribution in [0.3, 0.4) is 0 Å². The molecule has 1 aliphatic carbocycles. The maximum Gasteiger partial charge on any atom is 0.318 e. The number of quaternary nitrogens is 1.